The second-order valence-corrected chi connectivity index (χ2v) is 4.45. The number of aliphatic hydroxyl groups excluding tert-OH is 1. The van der Waals surface area contributed by atoms with Crippen LogP contribution in [0.3, 0.4) is 0 Å². The number of nitrogens with zero attached hydrogens (tertiary/aromatic N) is 2. The molecule has 0 radical (unpaired) electrons. The maximum Gasteiger partial charge on any atom is 0.131 e. The molecule has 1 saturated carbocycles. The Morgan fingerprint density at radius 1 is 1.38 bits per heavy atom. The molecule has 0 spiro atoms. The summed E-state index contributed by atoms with van der Waals surface area (Å²) in [4.78, 5) is 8.52. The average Bonchev–Trinajstić information content (AvgIpc) is 3.06. The van der Waals surface area contributed by atoms with Crippen LogP contribution in [0.15, 0.2) is 6.07 Å². The zero-order valence-corrected chi connectivity index (χ0v) is 9.75. The van der Waals surface area contributed by atoms with Crippen LogP contribution in [0.1, 0.15) is 18.7 Å². The first-order valence-electron chi connectivity index (χ1n) is 5.56. The molecule has 1 aliphatic rings. The van der Waals surface area contributed by atoms with E-state index >= 15 is 0 Å². The Hall–Kier alpha value is -1.36. The van der Waals surface area contributed by atoms with Crippen LogP contribution in [-0.2, 0) is 0 Å². The second kappa shape index (κ2) is 4.25. The normalized spacial score (nSPS) is 16.9. The molecule has 1 heterocycles. The van der Waals surface area contributed by atoms with Gasteiger partial charge in [0.1, 0.15) is 17.5 Å². The van der Waals surface area contributed by atoms with E-state index in [4.69, 9.17) is 0 Å². The van der Waals surface area contributed by atoms with Gasteiger partial charge in [-0.2, -0.15) is 0 Å². The number of rotatable bonds is 5. The van der Waals surface area contributed by atoms with E-state index in [0.717, 1.165) is 36.8 Å². The fourth-order valence-electron chi connectivity index (χ4n) is 1.63. The lowest BCUT2D eigenvalue weighted by Crippen LogP contribution is -2.19. The monoisotopic (exact) mass is 222 g/mol. The molecule has 0 unspecified atom stereocenters. The molecular formula is C11H18N4O. The zero-order chi connectivity index (χ0) is 11.6. The lowest BCUT2D eigenvalue weighted by Gasteiger charge is -2.14. The van der Waals surface area contributed by atoms with Crippen LogP contribution >= 0.6 is 0 Å². The highest BCUT2D eigenvalue weighted by atomic mass is 16.3. The van der Waals surface area contributed by atoms with Crippen LogP contribution in [0.5, 0.6) is 0 Å². The summed E-state index contributed by atoms with van der Waals surface area (Å²) in [7, 11) is 1.83. The molecule has 2 rings (SSSR count). The molecule has 3 N–H and O–H groups in total. The highest BCUT2D eigenvalue weighted by Gasteiger charge is 2.41. The maximum absolute atomic E-state index is 9.20. The SMILES string of the molecule is CNc1cc(NCC2(CO)CC2)nc(C)n1. The number of aryl methyl sites for hydroxylation is 1. The molecular weight excluding hydrogens is 204 g/mol. The van der Waals surface area contributed by atoms with Crippen LogP contribution < -0.4 is 10.6 Å². The minimum Gasteiger partial charge on any atom is -0.396 e. The third kappa shape index (κ3) is 2.41. The van der Waals surface area contributed by atoms with E-state index in [1.807, 2.05) is 20.0 Å². The van der Waals surface area contributed by atoms with Crippen molar-refractivity contribution < 1.29 is 5.11 Å². The number of aliphatic hydroxyl groups is 1. The van der Waals surface area contributed by atoms with Crippen molar-refractivity contribution in [3.63, 3.8) is 0 Å². The molecule has 0 saturated heterocycles. The van der Waals surface area contributed by atoms with E-state index in [9.17, 15) is 5.11 Å². The van der Waals surface area contributed by atoms with E-state index in [1.54, 1.807) is 0 Å². The summed E-state index contributed by atoms with van der Waals surface area (Å²) in [6, 6.07) is 1.88. The van der Waals surface area contributed by atoms with E-state index in [-0.39, 0.29) is 12.0 Å². The molecule has 1 aliphatic carbocycles. The van der Waals surface area contributed by atoms with E-state index in [0.29, 0.717) is 0 Å². The maximum atomic E-state index is 9.20. The van der Waals surface area contributed by atoms with E-state index in [2.05, 4.69) is 20.6 Å². The molecule has 0 bridgehead atoms. The molecule has 1 aromatic rings. The van der Waals surface area contributed by atoms with Gasteiger partial charge < -0.3 is 15.7 Å². The van der Waals surface area contributed by atoms with Gasteiger partial charge >= 0.3 is 0 Å². The minimum absolute atomic E-state index is 0.0959. The number of hydrogen-bond donors (Lipinski definition) is 3. The van der Waals surface area contributed by atoms with E-state index in [1.165, 1.54) is 0 Å². The average molecular weight is 222 g/mol. The van der Waals surface area contributed by atoms with Gasteiger partial charge in [-0.1, -0.05) is 0 Å². The molecule has 0 atom stereocenters. The predicted molar refractivity (Wildman–Crippen MR) is 63.6 cm³/mol. The molecule has 88 valence electrons. The van der Waals surface area contributed by atoms with E-state index < -0.39 is 0 Å². The first-order valence-corrected chi connectivity index (χ1v) is 5.56. The standard InChI is InChI=1S/C11H18N4O/c1-8-14-9(12-2)5-10(15-8)13-6-11(7-16)3-4-11/h5,16H,3-4,6-7H2,1-2H3,(H2,12,13,14,15). The summed E-state index contributed by atoms with van der Waals surface area (Å²) in [5, 5.41) is 15.5. The summed E-state index contributed by atoms with van der Waals surface area (Å²) >= 11 is 0. The largest absolute Gasteiger partial charge is 0.396 e. The highest BCUT2D eigenvalue weighted by molar-refractivity contribution is 5.47. The topological polar surface area (TPSA) is 70.1 Å². The highest BCUT2D eigenvalue weighted by Crippen LogP contribution is 2.44. The van der Waals surface area contributed by atoms with Crippen LogP contribution in [0.25, 0.3) is 0 Å². The second-order valence-electron chi connectivity index (χ2n) is 4.45. The van der Waals surface area contributed by atoms with Gasteiger partial charge in [0.2, 0.25) is 0 Å². The Labute approximate surface area is 95.3 Å². The summed E-state index contributed by atoms with van der Waals surface area (Å²) in [5.41, 5.74) is 0.0959. The van der Waals surface area contributed by atoms with Crippen molar-refractivity contribution in [1.82, 2.24) is 9.97 Å². The predicted octanol–water partition coefficient (Wildman–Crippen LogP) is 1.01. The quantitative estimate of drug-likeness (QED) is 0.693. The first-order chi connectivity index (χ1) is 7.67. The van der Waals surface area contributed by atoms with Crippen molar-refractivity contribution in [1.29, 1.82) is 0 Å². The van der Waals surface area contributed by atoms with Crippen molar-refractivity contribution in [3.8, 4) is 0 Å². The Bertz CT molecular complexity index is 376. The number of aromatic nitrogens is 2. The number of nitrogens with one attached hydrogen (secondary N) is 2. The van der Waals surface area contributed by atoms with Gasteiger partial charge in [-0.25, -0.2) is 9.97 Å². The van der Waals surface area contributed by atoms with Crippen LogP contribution in [0, 0.1) is 12.3 Å². The van der Waals surface area contributed by atoms with Crippen LogP contribution in [0.4, 0.5) is 11.6 Å². The summed E-state index contributed by atoms with van der Waals surface area (Å²) in [5.74, 6) is 2.36. The smallest absolute Gasteiger partial charge is 0.131 e. The Morgan fingerprint density at radius 2 is 2.06 bits per heavy atom. The third-order valence-electron chi connectivity index (χ3n) is 3.03. The lowest BCUT2D eigenvalue weighted by atomic mass is 10.1. The van der Waals surface area contributed by atoms with Gasteiger partial charge in [0.05, 0.1) is 6.61 Å². The zero-order valence-electron chi connectivity index (χ0n) is 9.75. The van der Waals surface area contributed by atoms with Crippen LogP contribution in [0.2, 0.25) is 0 Å². The summed E-state index contributed by atoms with van der Waals surface area (Å²) in [6.45, 7) is 2.90. The Balaban J connectivity index is 2.01. The fourth-order valence-corrected chi connectivity index (χ4v) is 1.63. The summed E-state index contributed by atoms with van der Waals surface area (Å²) < 4.78 is 0. The Kier molecular flexibility index (Phi) is 2.96. The van der Waals surface area contributed by atoms with Crippen molar-refractivity contribution in [3.05, 3.63) is 11.9 Å². The van der Waals surface area contributed by atoms with Gasteiger partial charge in [0.25, 0.3) is 0 Å². The first kappa shape index (κ1) is 11.1. The molecule has 0 aromatic carbocycles. The van der Waals surface area contributed by atoms with Gasteiger partial charge in [-0.15, -0.1) is 0 Å². The lowest BCUT2D eigenvalue weighted by molar-refractivity contribution is 0.219. The minimum atomic E-state index is 0.0959. The Morgan fingerprint density at radius 3 is 2.62 bits per heavy atom. The van der Waals surface area contributed by atoms with Crippen LogP contribution in [-0.4, -0.2) is 35.3 Å². The number of anilines is 2. The van der Waals surface area contributed by atoms with Gasteiger partial charge in [-0.3, -0.25) is 0 Å². The van der Waals surface area contributed by atoms with Crippen molar-refractivity contribution in [2.24, 2.45) is 5.41 Å². The molecule has 1 fully saturated rings. The molecule has 5 nitrogen and oxygen atoms in total. The third-order valence-corrected chi connectivity index (χ3v) is 3.03. The molecule has 5 heteroatoms. The number of hydrogen-bond acceptors (Lipinski definition) is 5. The fraction of sp³-hybridized carbons (Fsp3) is 0.636. The summed E-state index contributed by atoms with van der Waals surface area (Å²) in [6.07, 6.45) is 2.19. The van der Waals surface area contributed by atoms with Crippen molar-refractivity contribution >= 4 is 11.6 Å². The van der Waals surface area contributed by atoms with Crippen molar-refractivity contribution in [2.45, 2.75) is 19.8 Å². The van der Waals surface area contributed by atoms with Gasteiger partial charge in [0.15, 0.2) is 0 Å². The molecule has 0 amide bonds. The van der Waals surface area contributed by atoms with Crippen molar-refractivity contribution in [2.75, 3.05) is 30.8 Å². The molecule has 0 aliphatic heterocycles. The molecule has 16 heavy (non-hydrogen) atoms. The molecule has 1 aromatic heterocycles. The van der Waals surface area contributed by atoms with Gasteiger partial charge in [-0.05, 0) is 19.8 Å². The van der Waals surface area contributed by atoms with Gasteiger partial charge in [0, 0.05) is 25.1 Å².